The number of aromatic amines is 1. The lowest BCUT2D eigenvalue weighted by molar-refractivity contribution is 0.0977. The zero-order valence-corrected chi connectivity index (χ0v) is 19.8. The third-order valence-corrected chi connectivity index (χ3v) is 6.75. The first-order chi connectivity index (χ1) is 18.1. The van der Waals surface area contributed by atoms with E-state index in [9.17, 15) is 30.8 Å². The quantitative estimate of drug-likeness (QED) is 0.212. The number of aromatic nitrogens is 2. The number of benzene rings is 3. The molecular weight excluding hydrogens is 526 g/mol. The number of amides is 1. The van der Waals surface area contributed by atoms with Gasteiger partial charge in [-0.15, -0.1) is 0 Å². The number of carbonyl (C=O) groups excluding carboxylic acids is 1. The molecule has 0 aliphatic carbocycles. The van der Waals surface area contributed by atoms with Crippen LogP contribution in [0.2, 0.25) is 0 Å². The summed E-state index contributed by atoms with van der Waals surface area (Å²) in [5.41, 5.74) is 0.279. The van der Waals surface area contributed by atoms with Crippen LogP contribution >= 0.6 is 0 Å². The number of pyridine rings is 1. The summed E-state index contributed by atoms with van der Waals surface area (Å²) in [7, 11) is -4.46. The molecule has 1 amide bonds. The normalized spacial score (nSPS) is 11.5. The summed E-state index contributed by atoms with van der Waals surface area (Å²) in [6.45, 7) is 0. The van der Waals surface area contributed by atoms with E-state index in [0.29, 0.717) is 34.5 Å². The highest BCUT2D eigenvalue weighted by Crippen LogP contribution is 2.27. The van der Waals surface area contributed by atoms with E-state index in [1.54, 1.807) is 18.2 Å². The first-order valence-corrected chi connectivity index (χ1v) is 12.3. The molecule has 38 heavy (non-hydrogen) atoms. The average molecular weight is 541 g/mol. The van der Waals surface area contributed by atoms with E-state index in [0.717, 1.165) is 18.5 Å². The predicted octanol–water partition coefficient (Wildman–Crippen LogP) is 5.70. The van der Waals surface area contributed by atoms with Gasteiger partial charge in [-0.2, -0.15) is 0 Å². The molecule has 0 atom stereocenters. The first-order valence-electron chi connectivity index (χ1n) is 10.8. The molecule has 0 saturated heterocycles. The Morgan fingerprint density at radius 2 is 1.50 bits per heavy atom. The van der Waals surface area contributed by atoms with Crippen LogP contribution in [-0.2, 0) is 10.0 Å². The monoisotopic (exact) mass is 541 g/mol. The smallest absolute Gasteiger partial charge is 0.281 e. The summed E-state index contributed by atoms with van der Waals surface area (Å²) in [5, 5.41) is 0.538. The van der Waals surface area contributed by atoms with Crippen LogP contribution in [0.15, 0.2) is 84.0 Å². The Morgan fingerprint density at radius 3 is 2.21 bits per heavy atom. The lowest BCUT2D eigenvalue weighted by Gasteiger charge is -2.08. The maximum Gasteiger partial charge on any atom is 0.281 e. The number of rotatable bonds is 6. The van der Waals surface area contributed by atoms with Crippen molar-refractivity contribution in [2.24, 2.45) is 0 Å². The van der Waals surface area contributed by atoms with Crippen LogP contribution in [0.1, 0.15) is 10.5 Å². The number of carbonyl (C=O) groups is 1. The standard InChI is InChI=1S/C26H15F4N3O4S/c27-17-1-3-18(4-2-17)37-19-5-6-23-15(7-19)11-24(32-23)26(34)33-38(35,36)20-8-16(12-31-13-20)14-9-21(28)25(30)22(29)10-14/h1-13,32H,(H,33,34). The number of hydrogen-bond donors (Lipinski definition) is 2. The van der Waals surface area contributed by atoms with E-state index >= 15 is 0 Å². The molecule has 0 fully saturated rings. The van der Waals surface area contributed by atoms with Crippen molar-refractivity contribution in [3.8, 4) is 22.6 Å². The zero-order chi connectivity index (χ0) is 27.0. The van der Waals surface area contributed by atoms with Gasteiger partial charge in [0.05, 0.1) is 0 Å². The minimum Gasteiger partial charge on any atom is -0.457 e. The Hall–Kier alpha value is -4.71. The van der Waals surface area contributed by atoms with Gasteiger partial charge in [-0.3, -0.25) is 9.78 Å². The fourth-order valence-electron chi connectivity index (χ4n) is 3.62. The Kier molecular flexibility index (Phi) is 6.33. The number of nitrogens with zero attached hydrogens (tertiary/aromatic N) is 1. The lowest BCUT2D eigenvalue weighted by Crippen LogP contribution is -2.30. The number of hydrogen-bond acceptors (Lipinski definition) is 5. The van der Waals surface area contributed by atoms with Crippen molar-refractivity contribution < 1.29 is 35.5 Å². The van der Waals surface area contributed by atoms with Crippen molar-refractivity contribution in [2.75, 3.05) is 0 Å². The molecule has 0 aliphatic heterocycles. The summed E-state index contributed by atoms with van der Waals surface area (Å²) in [5.74, 6) is -5.16. The largest absolute Gasteiger partial charge is 0.457 e. The second kappa shape index (κ2) is 9.63. The molecule has 7 nitrogen and oxygen atoms in total. The molecule has 0 aliphatic rings. The van der Waals surface area contributed by atoms with Gasteiger partial charge < -0.3 is 9.72 Å². The predicted molar refractivity (Wildman–Crippen MR) is 129 cm³/mol. The molecular formula is C26H15F4N3O4S. The van der Waals surface area contributed by atoms with Crippen LogP contribution in [0, 0.1) is 23.3 Å². The fraction of sp³-hybridized carbons (Fsp3) is 0. The number of nitrogens with one attached hydrogen (secondary N) is 2. The molecule has 0 bridgehead atoms. The second-order valence-corrected chi connectivity index (χ2v) is 9.77. The van der Waals surface area contributed by atoms with Gasteiger partial charge in [0.2, 0.25) is 0 Å². The number of fused-ring (bicyclic) bond motifs is 1. The summed E-state index contributed by atoms with van der Waals surface area (Å²) in [6.07, 6.45) is 2.08. The maximum absolute atomic E-state index is 13.6. The molecule has 0 radical (unpaired) electrons. The van der Waals surface area contributed by atoms with E-state index in [1.165, 1.54) is 30.3 Å². The van der Waals surface area contributed by atoms with Crippen molar-refractivity contribution in [3.05, 3.63) is 108 Å². The van der Waals surface area contributed by atoms with Crippen LogP contribution in [0.5, 0.6) is 11.5 Å². The molecule has 2 N–H and O–H groups in total. The van der Waals surface area contributed by atoms with Gasteiger partial charge in [0.15, 0.2) is 17.5 Å². The molecule has 192 valence electrons. The highest BCUT2D eigenvalue weighted by Gasteiger charge is 2.22. The zero-order valence-electron chi connectivity index (χ0n) is 19.0. The van der Waals surface area contributed by atoms with Crippen LogP contribution in [0.3, 0.4) is 0 Å². The summed E-state index contributed by atoms with van der Waals surface area (Å²) in [4.78, 5) is 18.9. The van der Waals surface area contributed by atoms with Crippen molar-refractivity contribution in [2.45, 2.75) is 4.90 Å². The highest BCUT2D eigenvalue weighted by atomic mass is 32.2. The average Bonchev–Trinajstić information content (AvgIpc) is 3.32. The van der Waals surface area contributed by atoms with Gasteiger partial charge in [0, 0.05) is 28.9 Å². The molecule has 0 saturated carbocycles. The van der Waals surface area contributed by atoms with Gasteiger partial charge in [-0.1, -0.05) is 0 Å². The number of ether oxygens (including phenoxy) is 1. The van der Waals surface area contributed by atoms with Crippen molar-refractivity contribution in [3.63, 3.8) is 0 Å². The Balaban J connectivity index is 1.36. The number of sulfonamides is 1. The summed E-state index contributed by atoms with van der Waals surface area (Å²) in [6, 6.07) is 14.1. The molecule has 5 rings (SSSR count). The van der Waals surface area contributed by atoms with Crippen LogP contribution in [0.25, 0.3) is 22.0 Å². The minimum atomic E-state index is -4.46. The van der Waals surface area contributed by atoms with Crippen molar-refractivity contribution in [1.82, 2.24) is 14.7 Å². The molecule has 2 aromatic heterocycles. The van der Waals surface area contributed by atoms with Crippen molar-refractivity contribution in [1.29, 1.82) is 0 Å². The van der Waals surface area contributed by atoms with Crippen LogP contribution < -0.4 is 9.46 Å². The number of halogens is 4. The molecule has 0 spiro atoms. The highest BCUT2D eigenvalue weighted by molar-refractivity contribution is 7.90. The summed E-state index contributed by atoms with van der Waals surface area (Å²) >= 11 is 0. The molecule has 3 aromatic carbocycles. The third kappa shape index (κ3) is 5.06. The third-order valence-electron chi connectivity index (χ3n) is 5.45. The van der Waals surface area contributed by atoms with Crippen molar-refractivity contribution >= 4 is 26.8 Å². The Labute approximate surface area is 212 Å². The SMILES string of the molecule is O=C(NS(=O)(=O)c1cncc(-c2cc(F)c(F)c(F)c2)c1)c1cc2cc(Oc3ccc(F)cc3)ccc2[nH]1. The molecule has 0 unspecified atom stereocenters. The topological polar surface area (TPSA) is 101 Å². The Morgan fingerprint density at radius 1 is 0.816 bits per heavy atom. The summed E-state index contributed by atoms with van der Waals surface area (Å²) < 4.78 is 86.9. The molecule has 12 heteroatoms. The van der Waals surface area contributed by atoms with Gasteiger partial charge in [-0.05, 0) is 72.3 Å². The van der Waals surface area contributed by atoms with Gasteiger partial charge in [0.25, 0.3) is 15.9 Å². The van der Waals surface area contributed by atoms with Gasteiger partial charge in [-0.25, -0.2) is 30.7 Å². The van der Waals surface area contributed by atoms with E-state index in [4.69, 9.17) is 4.74 Å². The van der Waals surface area contributed by atoms with E-state index in [1.807, 2.05) is 4.72 Å². The lowest BCUT2D eigenvalue weighted by atomic mass is 10.1. The maximum atomic E-state index is 13.6. The van der Waals surface area contributed by atoms with E-state index in [2.05, 4.69) is 9.97 Å². The van der Waals surface area contributed by atoms with Crippen LogP contribution in [0.4, 0.5) is 17.6 Å². The van der Waals surface area contributed by atoms with Gasteiger partial charge in [0.1, 0.15) is 27.9 Å². The Bertz CT molecular complexity index is 1780. The minimum absolute atomic E-state index is 0.0163. The van der Waals surface area contributed by atoms with Gasteiger partial charge >= 0.3 is 0 Å². The second-order valence-electron chi connectivity index (χ2n) is 8.09. The van der Waals surface area contributed by atoms with E-state index < -0.39 is 44.1 Å². The molecule has 5 aromatic rings. The van der Waals surface area contributed by atoms with E-state index in [-0.39, 0.29) is 16.8 Å². The number of H-pyrrole nitrogens is 1. The van der Waals surface area contributed by atoms with Crippen LogP contribution in [-0.4, -0.2) is 24.3 Å². The fourth-order valence-corrected chi connectivity index (χ4v) is 4.57. The molecule has 2 heterocycles. The first kappa shape index (κ1) is 25.0.